The van der Waals surface area contributed by atoms with Gasteiger partial charge in [-0.25, -0.2) is 0 Å². The third-order valence-electron chi connectivity index (χ3n) is 5.81. The third kappa shape index (κ3) is 14.6. The first-order chi connectivity index (χ1) is 14.6. The first kappa shape index (κ1) is 26.7. The monoisotopic (exact) mass is 416 g/mol. The van der Waals surface area contributed by atoms with E-state index in [0.717, 1.165) is 30.6 Å². The molecule has 0 aliphatic rings. The molecule has 0 fully saturated rings. The summed E-state index contributed by atoms with van der Waals surface area (Å²) in [6, 6.07) is 7.95. The van der Waals surface area contributed by atoms with Crippen molar-refractivity contribution in [3.63, 3.8) is 0 Å². The van der Waals surface area contributed by atoms with E-state index >= 15 is 0 Å². The van der Waals surface area contributed by atoms with E-state index in [-0.39, 0.29) is 5.97 Å². The smallest absolute Gasteiger partial charge is 0.311 e. The fraction of sp³-hybridized carbons (Fsp3) is 0.750. The van der Waals surface area contributed by atoms with Gasteiger partial charge in [-0.3, -0.25) is 4.79 Å². The van der Waals surface area contributed by atoms with Crippen LogP contribution in [0.15, 0.2) is 24.3 Å². The summed E-state index contributed by atoms with van der Waals surface area (Å²) in [4.78, 5) is 12.2. The predicted molar refractivity (Wildman–Crippen MR) is 130 cm³/mol. The normalized spacial score (nSPS) is 11.2. The summed E-state index contributed by atoms with van der Waals surface area (Å²) >= 11 is 0. The summed E-state index contributed by atoms with van der Waals surface area (Å²) in [7, 11) is 0. The van der Waals surface area contributed by atoms with Crippen LogP contribution in [0.25, 0.3) is 0 Å². The maximum absolute atomic E-state index is 12.2. The second kappa shape index (κ2) is 18.5. The highest BCUT2D eigenvalue weighted by molar-refractivity contribution is 5.72. The fourth-order valence-electron chi connectivity index (χ4n) is 4.03. The van der Waals surface area contributed by atoms with Crippen LogP contribution in [-0.4, -0.2) is 5.97 Å². The predicted octanol–water partition coefficient (Wildman–Crippen LogP) is 9.05. The molecule has 0 saturated carbocycles. The summed E-state index contributed by atoms with van der Waals surface area (Å²) in [6.07, 6.45) is 21.6. The van der Waals surface area contributed by atoms with Crippen molar-refractivity contribution >= 4 is 5.97 Å². The Hall–Kier alpha value is -1.31. The minimum absolute atomic E-state index is 0.0825. The summed E-state index contributed by atoms with van der Waals surface area (Å²) in [5.74, 6) is 1.22. The number of ether oxygens (including phenoxy) is 1. The average Bonchev–Trinajstić information content (AvgIpc) is 2.72. The van der Waals surface area contributed by atoms with Crippen molar-refractivity contribution in [2.75, 3.05) is 0 Å². The average molecular weight is 417 g/mol. The molecule has 0 bridgehead atoms. The molecule has 1 aromatic rings. The number of esters is 1. The number of unbranched alkanes of at least 4 members (excludes halogenated alkanes) is 14. The van der Waals surface area contributed by atoms with Crippen molar-refractivity contribution in [1.29, 1.82) is 0 Å². The number of hydrogen-bond donors (Lipinski definition) is 0. The molecule has 2 nitrogen and oxygen atoms in total. The molecule has 1 rings (SSSR count). The summed E-state index contributed by atoms with van der Waals surface area (Å²) in [6.45, 7) is 6.66. The Balaban J connectivity index is 1.94. The van der Waals surface area contributed by atoms with Crippen molar-refractivity contribution < 1.29 is 9.53 Å². The molecule has 0 spiro atoms. The second-order valence-electron chi connectivity index (χ2n) is 9.38. The van der Waals surface area contributed by atoms with E-state index < -0.39 is 0 Å². The van der Waals surface area contributed by atoms with E-state index in [1.54, 1.807) is 0 Å². The molecule has 0 amide bonds. The van der Waals surface area contributed by atoms with Gasteiger partial charge in [-0.2, -0.15) is 0 Å². The lowest BCUT2D eigenvalue weighted by atomic mass is 10.0. The molecule has 0 atom stereocenters. The molecular weight excluding hydrogens is 368 g/mol. The first-order valence-electron chi connectivity index (χ1n) is 12.9. The number of rotatable bonds is 19. The van der Waals surface area contributed by atoms with E-state index in [9.17, 15) is 4.79 Å². The van der Waals surface area contributed by atoms with Crippen LogP contribution in [0.2, 0.25) is 0 Å². The van der Waals surface area contributed by atoms with Crippen LogP contribution >= 0.6 is 0 Å². The Kier molecular flexibility index (Phi) is 16.4. The highest BCUT2D eigenvalue weighted by Gasteiger charge is 2.10. The standard InChI is InChI=1S/C28H48O2/c1-4-5-6-7-8-9-10-11-12-13-14-15-16-17-18-23-28(29)30-27-22-20-19-21-26(27)24-25(2)3/h19-22,25H,4-18,23-24H2,1-3H3. The van der Waals surface area contributed by atoms with Crippen LogP contribution in [0.1, 0.15) is 129 Å². The Morgan fingerprint density at radius 3 is 1.70 bits per heavy atom. The molecule has 0 aliphatic heterocycles. The van der Waals surface area contributed by atoms with Crippen molar-refractivity contribution in [3.05, 3.63) is 29.8 Å². The largest absolute Gasteiger partial charge is 0.426 e. The molecule has 0 unspecified atom stereocenters. The number of carbonyl (C=O) groups excluding carboxylic acids is 1. The van der Waals surface area contributed by atoms with Gasteiger partial charge in [0.2, 0.25) is 0 Å². The maximum Gasteiger partial charge on any atom is 0.311 e. The van der Waals surface area contributed by atoms with Crippen molar-refractivity contribution in [1.82, 2.24) is 0 Å². The fourth-order valence-corrected chi connectivity index (χ4v) is 4.03. The molecule has 1 aromatic carbocycles. The zero-order chi connectivity index (χ0) is 21.9. The van der Waals surface area contributed by atoms with E-state index in [1.165, 1.54) is 83.5 Å². The molecule has 2 heteroatoms. The zero-order valence-electron chi connectivity index (χ0n) is 20.2. The van der Waals surface area contributed by atoms with Gasteiger partial charge in [0.15, 0.2) is 0 Å². The SMILES string of the molecule is CCCCCCCCCCCCCCCCCC(=O)Oc1ccccc1CC(C)C. The topological polar surface area (TPSA) is 26.3 Å². The molecular formula is C28H48O2. The summed E-state index contributed by atoms with van der Waals surface area (Å²) < 4.78 is 5.63. The quantitative estimate of drug-likeness (QED) is 0.128. The highest BCUT2D eigenvalue weighted by atomic mass is 16.5. The highest BCUT2D eigenvalue weighted by Crippen LogP contribution is 2.22. The van der Waals surface area contributed by atoms with Gasteiger partial charge in [-0.05, 0) is 30.4 Å². The van der Waals surface area contributed by atoms with Crippen LogP contribution < -0.4 is 4.74 Å². The van der Waals surface area contributed by atoms with E-state index in [4.69, 9.17) is 4.74 Å². The molecule has 30 heavy (non-hydrogen) atoms. The van der Waals surface area contributed by atoms with E-state index in [2.05, 4.69) is 26.8 Å². The Bertz CT molecular complexity index is 535. The summed E-state index contributed by atoms with van der Waals surface area (Å²) in [5, 5.41) is 0. The van der Waals surface area contributed by atoms with Gasteiger partial charge in [0.1, 0.15) is 5.75 Å². The minimum atomic E-state index is -0.0825. The second-order valence-corrected chi connectivity index (χ2v) is 9.38. The Labute approximate surface area is 187 Å². The number of hydrogen-bond acceptors (Lipinski definition) is 2. The molecule has 172 valence electrons. The molecule has 0 aliphatic carbocycles. The molecule has 0 radical (unpaired) electrons. The van der Waals surface area contributed by atoms with Crippen LogP contribution in [0.5, 0.6) is 5.75 Å². The molecule has 0 heterocycles. The van der Waals surface area contributed by atoms with Crippen molar-refractivity contribution in [3.8, 4) is 5.75 Å². The van der Waals surface area contributed by atoms with Gasteiger partial charge in [-0.15, -0.1) is 0 Å². The van der Waals surface area contributed by atoms with Gasteiger partial charge >= 0.3 is 5.97 Å². The lowest BCUT2D eigenvalue weighted by molar-refractivity contribution is -0.134. The lowest BCUT2D eigenvalue weighted by Gasteiger charge is -2.11. The van der Waals surface area contributed by atoms with Gasteiger partial charge < -0.3 is 4.74 Å². The zero-order valence-corrected chi connectivity index (χ0v) is 20.2. The van der Waals surface area contributed by atoms with Gasteiger partial charge in [0.25, 0.3) is 0 Å². The van der Waals surface area contributed by atoms with E-state index in [1.807, 2.05) is 18.2 Å². The van der Waals surface area contributed by atoms with Gasteiger partial charge in [0.05, 0.1) is 0 Å². The van der Waals surface area contributed by atoms with Crippen molar-refractivity contribution in [2.45, 2.75) is 130 Å². The van der Waals surface area contributed by atoms with Crippen LogP contribution in [0.3, 0.4) is 0 Å². The number of benzene rings is 1. The minimum Gasteiger partial charge on any atom is -0.426 e. The Morgan fingerprint density at radius 2 is 1.20 bits per heavy atom. The number of para-hydroxylation sites is 1. The first-order valence-corrected chi connectivity index (χ1v) is 12.9. The van der Waals surface area contributed by atoms with Crippen molar-refractivity contribution in [2.24, 2.45) is 5.92 Å². The van der Waals surface area contributed by atoms with E-state index in [0.29, 0.717) is 12.3 Å². The van der Waals surface area contributed by atoms with Crippen LogP contribution in [0.4, 0.5) is 0 Å². The van der Waals surface area contributed by atoms with Gasteiger partial charge in [0, 0.05) is 6.42 Å². The lowest BCUT2D eigenvalue weighted by Crippen LogP contribution is -2.09. The molecule has 0 N–H and O–H groups in total. The number of carbonyl (C=O) groups is 1. The van der Waals surface area contributed by atoms with Gasteiger partial charge in [-0.1, -0.05) is 129 Å². The summed E-state index contributed by atoms with van der Waals surface area (Å²) in [5.41, 5.74) is 1.14. The Morgan fingerprint density at radius 1 is 0.733 bits per heavy atom. The van der Waals surface area contributed by atoms with Crippen LogP contribution in [-0.2, 0) is 11.2 Å². The maximum atomic E-state index is 12.2. The van der Waals surface area contributed by atoms with Crippen LogP contribution in [0, 0.1) is 5.92 Å². The molecule has 0 aromatic heterocycles. The third-order valence-corrected chi connectivity index (χ3v) is 5.81. The molecule has 0 saturated heterocycles.